The van der Waals surface area contributed by atoms with Crippen LogP contribution in [0.4, 0.5) is 10.7 Å². The maximum Gasteiger partial charge on any atom is 0.408 e. The van der Waals surface area contributed by atoms with Crippen LogP contribution in [0, 0.1) is 0 Å². The Balaban J connectivity index is 1.69. The van der Waals surface area contributed by atoms with Gasteiger partial charge in [0.15, 0.2) is 11.4 Å². The van der Waals surface area contributed by atoms with E-state index in [9.17, 15) is 9.59 Å². The summed E-state index contributed by atoms with van der Waals surface area (Å²) in [5.41, 5.74) is 0.312. The highest BCUT2D eigenvalue weighted by Gasteiger charge is 2.23. The molecule has 4 aromatic rings. The summed E-state index contributed by atoms with van der Waals surface area (Å²) in [5, 5.41) is 10.8. The highest BCUT2D eigenvalue weighted by molar-refractivity contribution is 6.31. The summed E-state index contributed by atoms with van der Waals surface area (Å²) in [7, 11) is 0. The molecule has 0 aliphatic rings. The maximum atomic E-state index is 12.8. The molecule has 3 aromatic heterocycles. The Labute approximate surface area is 187 Å². The normalized spacial score (nSPS) is 12.7. The van der Waals surface area contributed by atoms with Crippen LogP contribution in [0.5, 0.6) is 0 Å². The van der Waals surface area contributed by atoms with E-state index < -0.39 is 23.6 Å². The van der Waals surface area contributed by atoms with Gasteiger partial charge in [0, 0.05) is 10.4 Å². The molecule has 32 heavy (non-hydrogen) atoms. The highest BCUT2D eigenvalue weighted by atomic mass is 35.5. The number of fused-ring (bicyclic) bond motifs is 3. The first kappa shape index (κ1) is 21.6. The number of amides is 2. The fraction of sp³-hybridized carbons (Fsp3) is 0.286. The van der Waals surface area contributed by atoms with Crippen molar-refractivity contribution in [1.29, 1.82) is 0 Å². The summed E-state index contributed by atoms with van der Waals surface area (Å²) in [4.78, 5) is 33.8. The molecule has 0 saturated heterocycles. The Hall–Kier alpha value is -3.66. The molecular weight excluding hydrogens is 436 g/mol. The molecule has 0 spiro atoms. The molecule has 0 saturated carbocycles. The average molecular weight is 457 g/mol. The first-order valence-corrected chi connectivity index (χ1v) is 10.2. The third kappa shape index (κ3) is 4.50. The third-order valence-corrected chi connectivity index (χ3v) is 4.57. The SMILES string of the molecule is C[C@H](NC(=O)OC(C)(C)C)C(=O)Nc1nc2ccc(Cl)cc2c2nc(-c3ccco3)nn12. The lowest BCUT2D eigenvalue weighted by atomic mass is 10.2. The Morgan fingerprint density at radius 3 is 2.69 bits per heavy atom. The zero-order chi connectivity index (χ0) is 23.0. The standard InChI is InChI=1S/C21H21ClN6O4/c1-11(23-20(30)32-21(2,3)4)18(29)26-19-24-14-8-7-12(22)10-13(14)17-25-16(27-28(17)19)15-6-5-9-31-15/h5-11H,1-4H3,(H,23,30)(H,24,26,29)/t11-/m0/s1. The number of carbonyl (C=O) groups is 2. The lowest BCUT2D eigenvalue weighted by Crippen LogP contribution is -2.44. The molecule has 0 unspecified atom stereocenters. The number of anilines is 1. The van der Waals surface area contributed by atoms with Gasteiger partial charge in [-0.05, 0) is 58.0 Å². The van der Waals surface area contributed by atoms with Crippen molar-refractivity contribution in [3.8, 4) is 11.6 Å². The number of nitrogens with one attached hydrogen (secondary N) is 2. The quantitative estimate of drug-likeness (QED) is 0.474. The third-order valence-electron chi connectivity index (χ3n) is 4.34. The summed E-state index contributed by atoms with van der Waals surface area (Å²) < 4.78 is 12.0. The predicted octanol–water partition coefficient (Wildman–Crippen LogP) is 4.04. The number of carbonyl (C=O) groups excluding carboxylic acids is 2. The van der Waals surface area contributed by atoms with E-state index in [0.717, 1.165) is 0 Å². The number of hydrogen-bond donors (Lipinski definition) is 2. The van der Waals surface area contributed by atoms with Crippen LogP contribution in [-0.2, 0) is 9.53 Å². The number of benzene rings is 1. The van der Waals surface area contributed by atoms with Crippen molar-refractivity contribution >= 4 is 46.1 Å². The van der Waals surface area contributed by atoms with Crippen molar-refractivity contribution in [2.24, 2.45) is 0 Å². The lowest BCUT2D eigenvalue weighted by Gasteiger charge is -2.21. The van der Waals surface area contributed by atoms with Gasteiger partial charge in [-0.2, -0.15) is 4.52 Å². The molecule has 10 nitrogen and oxygen atoms in total. The molecule has 0 bridgehead atoms. The smallest absolute Gasteiger partial charge is 0.408 e. The monoisotopic (exact) mass is 456 g/mol. The summed E-state index contributed by atoms with van der Waals surface area (Å²) >= 11 is 6.16. The first-order chi connectivity index (χ1) is 15.1. The van der Waals surface area contributed by atoms with E-state index in [4.69, 9.17) is 20.8 Å². The molecule has 0 fully saturated rings. The molecule has 166 valence electrons. The van der Waals surface area contributed by atoms with E-state index in [1.165, 1.54) is 17.7 Å². The van der Waals surface area contributed by atoms with Gasteiger partial charge in [-0.3, -0.25) is 10.1 Å². The second-order valence-electron chi connectivity index (χ2n) is 8.10. The predicted molar refractivity (Wildman–Crippen MR) is 118 cm³/mol. The molecule has 11 heteroatoms. The molecule has 0 radical (unpaired) electrons. The van der Waals surface area contributed by atoms with Crippen molar-refractivity contribution in [3.63, 3.8) is 0 Å². The van der Waals surface area contributed by atoms with E-state index >= 15 is 0 Å². The minimum absolute atomic E-state index is 0.128. The van der Waals surface area contributed by atoms with Gasteiger partial charge in [0.1, 0.15) is 11.6 Å². The summed E-state index contributed by atoms with van der Waals surface area (Å²) in [6.45, 7) is 6.74. The van der Waals surface area contributed by atoms with E-state index in [-0.39, 0.29) is 5.95 Å². The average Bonchev–Trinajstić information content (AvgIpc) is 3.36. The van der Waals surface area contributed by atoms with Crippen molar-refractivity contribution in [2.45, 2.75) is 39.3 Å². The van der Waals surface area contributed by atoms with Crippen molar-refractivity contribution in [3.05, 3.63) is 41.6 Å². The zero-order valence-corrected chi connectivity index (χ0v) is 18.6. The fourth-order valence-corrected chi connectivity index (χ4v) is 3.11. The summed E-state index contributed by atoms with van der Waals surface area (Å²) in [5.74, 6) is 0.400. The largest absolute Gasteiger partial charge is 0.461 e. The number of aromatic nitrogens is 4. The van der Waals surface area contributed by atoms with Gasteiger partial charge in [-0.25, -0.2) is 14.8 Å². The minimum Gasteiger partial charge on any atom is -0.461 e. The number of rotatable bonds is 4. The van der Waals surface area contributed by atoms with E-state index in [0.29, 0.717) is 33.2 Å². The number of hydrogen-bond acceptors (Lipinski definition) is 7. The van der Waals surface area contributed by atoms with Crippen LogP contribution >= 0.6 is 11.6 Å². The summed E-state index contributed by atoms with van der Waals surface area (Å²) in [6, 6.07) is 7.68. The Morgan fingerprint density at radius 1 is 1.22 bits per heavy atom. The molecular formula is C21H21ClN6O4. The topological polar surface area (TPSA) is 124 Å². The maximum absolute atomic E-state index is 12.8. The van der Waals surface area contributed by atoms with Crippen molar-refractivity contribution < 1.29 is 18.7 Å². The van der Waals surface area contributed by atoms with Gasteiger partial charge >= 0.3 is 6.09 Å². The van der Waals surface area contributed by atoms with Gasteiger partial charge in [0.05, 0.1) is 11.8 Å². The van der Waals surface area contributed by atoms with Crippen LogP contribution in [0.2, 0.25) is 5.02 Å². The van der Waals surface area contributed by atoms with E-state index in [1.807, 2.05) is 0 Å². The van der Waals surface area contributed by atoms with Crippen LogP contribution in [-0.4, -0.2) is 43.2 Å². The van der Waals surface area contributed by atoms with Crippen LogP contribution in [0.3, 0.4) is 0 Å². The van der Waals surface area contributed by atoms with Gasteiger partial charge in [0.25, 0.3) is 0 Å². The zero-order valence-electron chi connectivity index (χ0n) is 17.8. The number of furan rings is 1. The van der Waals surface area contributed by atoms with Gasteiger partial charge in [-0.15, -0.1) is 5.10 Å². The van der Waals surface area contributed by atoms with Gasteiger partial charge in [0.2, 0.25) is 17.7 Å². The van der Waals surface area contributed by atoms with Crippen LogP contribution in [0.15, 0.2) is 41.0 Å². The molecule has 4 rings (SSSR count). The van der Waals surface area contributed by atoms with Crippen LogP contribution in [0.25, 0.3) is 28.1 Å². The Kier molecular flexibility index (Phi) is 5.47. The Bertz CT molecular complexity index is 1310. The minimum atomic E-state index is -0.893. The molecule has 3 heterocycles. The molecule has 1 atom stereocenters. The number of ether oxygens (including phenoxy) is 1. The van der Waals surface area contributed by atoms with Crippen molar-refractivity contribution in [1.82, 2.24) is 24.9 Å². The van der Waals surface area contributed by atoms with Crippen LogP contribution < -0.4 is 10.6 Å². The molecule has 2 amide bonds. The molecule has 2 N–H and O–H groups in total. The summed E-state index contributed by atoms with van der Waals surface area (Å²) in [6.07, 6.45) is 0.813. The van der Waals surface area contributed by atoms with Gasteiger partial charge < -0.3 is 14.5 Å². The van der Waals surface area contributed by atoms with E-state index in [2.05, 4.69) is 25.7 Å². The van der Waals surface area contributed by atoms with Gasteiger partial charge in [-0.1, -0.05) is 11.6 Å². The Morgan fingerprint density at radius 2 is 2.00 bits per heavy atom. The lowest BCUT2D eigenvalue weighted by molar-refractivity contribution is -0.117. The number of alkyl carbamates (subject to hydrolysis) is 1. The molecule has 0 aliphatic heterocycles. The number of nitrogens with zero attached hydrogens (tertiary/aromatic N) is 4. The van der Waals surface area contributed by atoms with Crippen molar-refractivity contribution in [2.75, 3.05) is 5.32 Å². The molecule has 0 aliphatic carbocycles. The number of halogens is 1. The second-order valence-corrected chi connectivity index (χ2v) is 8.54. The molecule has 1 aromatic carbocycles. The first-order valence-electron chi connectivity index (χ1n) is 9.81. The van der Waals surface area contributed by atoms with E-state index in [1.54, 1.807) is 51.1 Å². The van der Waals surface area contributed by atoms with Crippen LogP contribution in [0.1, 0.15) is 27.7 Å². The highest BCUT2D eigenvalue weighted by Crippen LogP contribution is 2.26. The second kappa shape index (κ2) is 8.12. The fourth-order valence-electron chi connectivity index (χ4n) is 2.94.